The van der Waals surface area contributed by atoms with Crippen LogP contribution in [0, 0.1) is 6.92 Å². The number of aryl methyl sites for hydroxylation is 1. The van der Waals surface area contributed by atoms with Crippen molar-refractivity contribution in [3.05, 3.63) is 47.5 Å². The van der Waals surface area contributed by atoms with Gasteiger partial charge < -0.3 is 10.2 Å². The van der Waals surface area contributed by atoms with E-state index in [1.807, 2.05) is 33.8 Å². The Morgan fingerprint density at radius 1 is 0.857 bits per heavy atom. The first-order valence-electron chi connectivity index (χ1n) is 6.82. The van der Waals surface area contributed by atoms with Crippen molar-refractivity contribution in [2.45, 2.75) is 33.1 Å². The summed E-state index contributed by atoms with van der Waals surface area (Å²) < 4.78 is 0. The fourth-order valence-electron chi connectivity index (χ4n) is 2.02. The van der Waals surface area contributed by atoms with Crippen molar-refractivity contribution in [2.75, 3.05) is 0 Å². The molecule has 110 valence electrons. The van der Waals surface area contributed by atoms with E-state index in [9.17, 15) is 10.2 Å². The van der Waals surface area contributed by atoms with Gasteiger partial charge in [-0.15, -0.1) is 0 Å². The van der Waals surface area contributed by atoms with Crippen LogP contribution < -0.4 is 0 Å². The minimum Gasteiger partial charge on any atom is -0.508 e. The molecule has 2 aromatic rings. The quantitative estimate of drug-likeness (QED) is 0.752. The summed E-state index contributed by atoms with van der Waals surface area (Å²) in [5.41, 5.74) is 2.82. The number of phenolic OH excluding ortho intramolecular Hbond substituents is 2. The van der Waals surface area contributed by atoms with E-state index >= 15 is 0 Å². The van der Waals surface area contributed by atoms with Crippen LogP contribution in [0.1, 0.15) is 31.9 Å². The van der Waals surface area contributed by atoms with Crippen LogP contribution in [0.25, 0.3) is 0 Å². The van der Waals surface area contributed by atoms with Crippen molar-refractivity contribution in [3.63, 3.8) is 0 Å². The summed E-state index contributed by atoms with van der Waals surface area (Å²) in [6.07, 6.45) is 0. The van der Waals surface area contributed by atoms with Crippen molar-refractivity contribution in [1.82, 2.24) is 0 Å². The molecule has 0 aliphatic carbocycles. The highest BCUT2D eigenvalue weighted by atomic mass is 16.3. The molecule has 0 saturated heterocycles. The molecule has 2 aromatic carbocycles. The van der Waals surface area contributed by atoms with E-state index < -0.39 is 0 Å². The van der Waals surface area contributed by atoms with Gasteiger partial charge in [0.1, 0.15) is 11.5 Å². The minimum atomic E-state index is -0.168. The van der Waals surface area contributed by atoms with Crippen LogP contribution in [-0.4, -0.2) is 10.2 Å². The van der Waals surface area contributed by atoms with Crippen molar-refractivity contribution in [1.29, 1.82) is 0 Å². The van der Waals surface area contributed by atoms with Crippen molar-refractivity contribution in [3.8, 4) is 11.5 Å². The molecule has 0 heterocycles. The van der Waals surface area contributed by atoms with Gasteiger partial charge in [0, 0.05) is 5.56 Å². The highest BCUT2D eigenvalue weighted by molar-refractivity contribution is 5.54. The zero-order valence-corrected chi connectivity index (χ0v) is 12.8. The Kier molecular flexibility index (Phi) is 3.98. The normalized spacial score (nSPS) is 12.0. The van der Waals surface area contributed by atoms with E-state index in [0.29, 0.717) is 17.1 Å². The summed E-state index contributed by atoms with van der Waals surface area (Å²) in [5.74, 6) is 0.510. The summed E-state index contributed by atoms with van der Waals surface area (Å²) in [5, 5.41) is 27.8. The van der Waals surface area contributed by atoms with Gasteiger partial charge >= 0.3 is 0 Å². The molecule has 21 heavy (non-hydrogen) atoms. The average molecular weight is 284 g/mol. The van der Waals surface area contributed by atoms with Gasteiger partial charge in [0.05, 0.1) is 11.4 Å². The Morgan fingerprint density at radius 3 is 2.00 bits per heavy atom. The van der Waals surface area contributed by atoms with Crippen LogP contribution in [0.4, 0.5) is 11.4 Å². The summed E-state index contributed by atoms with van der Waals surface area (Å²) in [6, 6.07) is 10.2. The maximum atomic E-state index is 10.2. The lowest BCUT2D eigenvalue weighted by atomic mass is 9.85. The van der Waals surface area contributed by atoms with Gasteiger partial charge in [-0.25, -0.2) is 0 Å². The van der Waals surface area contributed by atoms with Crippen LogP contribution in [0.5, 0.6) is 11.5 Å². The molecule has 0 aromatic heterocycles. The van der Waals surface area contributed by atoms with Crippen molar-refractivity contribution >= 4 is 11.4 Å². The van der Waals surface area contributed by atoms with Crippen LogP contribution in [0.3, 0.4) is 0 Å². The zero-order chi connectivity index (χ0) is 15.6. The van der Waals surface area contributed by atoms with Gasteiger partial charge in [0.2, 0.25) is 0 Å². The third kappa shape index (κ3) is 3.60. The molecule has 0 atom stereocenters. The van der Waals surface area contributed by atoms with E-state index in [4.69, 9.17) is 0 Å². The number of rotatable bonds is 2. The molecule has 0 unspecified atom stereocenters. The predicted molar refractivity (Wildman–Crippen MR) is 83.8 cm³/mol. The molecular weight excluding hydrogens is 264 g/mol. The van der Waals surface area contributed by atoms with E-state index in [0.717, 1.165) is 11.1 Å². The van der Waals surface area contributed by atoms with Crippen LogP contribution >= 0.6 is 0 Å². The maximum Gasteiger partial charge on any atom is 0.122 e. The number of benzene rings is 2. The molecule has 0 spiro atoms. The Bertz CT molecular complexity index is 668. The highest BCUT2D eigenvalue weighted by Gasteiger charge is 2.20. The Hall–Kier alpha value is -2.36. The van der Waals surface area contributed by atoms with E-state index in [-0.39, 0.29) is 11.2 Å². The van der Waals surface area contributed by atoms with E-state index in [1.165, 1.54) is 0 Å². The summed E-state index contributed by atoms with van der Waals surface area (Å²) in [7, 11) is 0. The molecule has 0 saturated carbocycles. The fraction of sp³-hybridized carbons (Fsp3) is 0.294. The first-order chi connectivity index (χ1) is 9.77. The minimum absolute atomic E-state index is 0.168. The Morgan fingerprint density at radius 2 is 1.43 bits per heavy atom. The molecule has 0 aliphatic heterocycles. The van der Waals surface area contributed by atoms with Crippen LogP contribution in [0.15, 0.2) is 46.6 Å². The number of phenols is 2. The van der Waals surface area contributed by atoms with E-state index in [1.54, 1.807) is 30.3 Å². The summed E-state index contributed by atoms with van der Waals surface area (Å²) in [6.45, 7) is 7.98. The molecule has 2 N–H and O–H groups in total. The predicted octanol–water partition coefficient (Wildman–Crippen LogP) is 5.12. The molecule has 0 aliphatic rings. The number of aromatic hydroxyl groups is 2. The molecule has 0 amide bonds. The van der Waals surface area contributed by atoms with Gasteiger partial charge in [-0.1, -0.05) is 20.8 Å². The number of hydrogen-bond donors (Lipinski definition) is 2. The molecule has 0 fully saturated rings. The molecule has 4 nitrogen and oxygen atoms in total. The zero-order valence-electron chi connectivity index (χ0n) is 12.8. The summed E-state index contributed by atoms with van der Waals surface area (Å²) in [4.78, 5) is 0. The van der Waals surface area contributed by atoms with Gasteiger partial charge in [0.25, 0.3) is 0 Å². The average Bonchev–Trinajstić information content (AvgIpc) is 2.40. The second-order valence-corrected chi connectivity index (χ2v) is 6.13. The SMILES string of the molecule is Cc1cc(/N=N/c2ccc(O)cc2)cc(C(C)(C)C)c1O. The summed E-state index contributed by atoms with van der Waals surface area (Å²) >= 11 is 0. The van der Waals surface area contributed by atoms with Crippen LogP contribution in [-0.2, 0) is 5.41 Å². The monoisotopic (exact) mass is 284 g/mol. The van der Waals surface area contributed by atoms with Gasteiger partial charge in [0.15, 0.2) is 0 Å². The van der Waals surface area contributed by atoms with E-state index in [2.05, 4.69) is 10.2 Å². The van der Waals surface area contributed by atoms with Crippen molar-refractivity contribution < 1.29 is 10.2 Å². The number of nitrogens with zero attached hydrogens (tertiary/aromatic N) is 2. The van der Waals surface area contributed by atoms with Gasteiger partial charge in [-0.2, -0.15) is 10.2 Å². The topological polar surface area (TPSA) is 65.2 Å². The fourth-order valence-corrected chi connectivity index (χ4v) is 2.02. The smallest absolute Gasteiger partial charge is 0.122 e. The Labute approximate surface area is 124 Å². The third-order valence-electron chi connectivity index (χ3n) is 3.22. The molecule has 0 radical (unpaired) electrons. The molecule has 2 rings (SSSR count). The second-order valence-electron chi connectivity index (χ2n) is 6.13. The lowest BCUT2D eigenvalue weighted by molar-refractivity contribution is 0.443. The number of azo groups is 1. The third-order valence-corrected chi connectivity index (χ3v) is 3.22. The van der Waals surface area contributed by atoms with Gasteiger partial charge in [-0.05, 0) is 54.3 Å². The second kappa shape index (κ2) is 5.56. The maximum absolute atomic E-state index is 10.2. The lowest BCUT2D eigenvalue weighted by Gasteiger charge is -2.21. The Balaban J connectivity index is 2.37. The lowest BCUT2D eigenvalue weighted by Crippen LogP contribution is -2.11. The molecule has 4 heteroatoms. The largest absolute Gasteiger partial charge is 0.508 e. The van der Waals surface area contributed by atoms with Crippen molar-refractivity contribution in [2.24, 2.45) is 10.2 Å². The number of hydrogen-bond acceptors (Lipinski definition) is 4. The first-order valence-corrected chi connectivity index (χ1v) is 6.82. The first kappa shape index (κ1) is 15.0. The van der Waals surface area contributed by atoms with Gasteiger partial charge in [-0.3, -0.25) is 0 Å². The molecule has 0 bridgehead atoms. The standard InChI is InChI=1S/C17H20N2O2/c1-11-9-13(10-15(16(11)21)17(2,3)4)19-18-12-5-7-14(20)8-6-12/h5-10,20-21H,1-4H3/b19-18+. The van der Waals surface area contributed by atoms with Crippen LogP contribution in [0.2, 0.25) is 0 Å². The molecular formula is C17H20N2O2. The highest BCUT2D eigenvalue weighted by Crippen LogP contribution is 2.36.